The van der Waals surface area contributed by atoms with Crippen molar-refractivity contribution in [2.24, 2.45) is 5.92 Å². The molecular weight excluding hydrogens is 248 g/mol. The molecular formula is C13H26N2O4. The Bertz CT molecular complexity index is 269. The minimum Gasteiger partial charge on any atom is -0.481 e. The molecule has 0 saturated carbocycles. The van der Waals surface area contributed by atoms with Gasteiger partial charge in [-0.2, -0.15) is 0 Å². The molecule has 0 aromatic heterocycles. The largest absolute Gasteiger partial charge is 0.481 e. The van der Waals surface area contributed by atoms with Crippen LogP contribution in [0.5, 0.6) is 0 Å². The molecule has 0 aliphatic carbocycles. The van der Waals surface area contributed by atoms with E-state index in [1.165, 1.54) is 0 Å². The summed E-state index contributed by atoms with van der Waals surface area (Å²) in [7, 11) is 0. The van der Waals surface area contributed by atoms with E-state index in [4.69, 9.17) is 9.84 Å². The number of carboxylic acid groups (broad SMARTS) is 1. The fourth-order valence-corrected chi connectivity index (χ4v) is 1.48. The van der Waals surface area contributed by atoms with E-state index in [-0.39, 0.29) is 24.4 Å². The van der Waals surface area contributed by atoms with Gasteiger partial charge < -0.3 is 20.5 Å². The van der Waals surface area contributed by atoms with E-state index in [1.807, 2.05) is 20.8 Å². The van der Waals surface area contributed by atoms with Gasteiger partial charge >= 0.3 is 12.0 Å². The smallest absolute Gasteiger partial charge is 0.315 e. The average molecular weight is 274 g/mol. The summed E-state index contributed by atoms with van der Waals surface area (Å²) < 4.78 is 5.29. The number of amides is 2. The van der Waals surface area contributed by atoms with Crippen molar-refractivity contribution >= 4 is 12.0 Å². The second kappa shape index (κ2) is 10.6. The summed E-state index contributed by atoms with van der Waals surface area (Å²) in [4.78, 5) is 22.2. The van der Waals surface area contributed by atoms with Gasteiger partial charge in [-0.05, 0) is 18.8 Å². The molecule has 112 valence electrons. The van der Waals surface area contributed by atoms with Crippen LogP contribution in [0, 0.1) is 5.92 Å². The normalized spacial score (nSPS) is 12.2. The van der Waals surface area contributed by atoms with E-state index in [9.17, 15) is 9.59 Å². The number of urea groups is 1. The summed E-state index contributed by atoms with van der Waals surface area (Å²) in [5.41, 5.74) is 0. The van der Waals surface area contributed by atoms with E-state index < -0.39 is 5.97 Å². The van der Waals surface area contributed by atoms with E-state index in [2.05, 4.69) is 10.6 Å². The average Bonchev–Trinajstić information content (AvgIpc) is 2.32. The van der Waals surface area contributed by atoms with Crippen LogP contribution in [-0.2, 0) is 9.53 Å². The first-order valence-electron chi connectivity index (χ1n) is 6.81. The third-order valence-corrected chi connectivity index (χ3v) is 2.62. The van der Waals surface area contributed by atoms with E-state index in [1.54, 1.807) is 0 Å². The maximum atomic E-state index is 11.6. The fourth-order valence-electron chi connectivity index (χ4n) is 1.48. The van der Waals surface area contributed by atoms with Crippen LogP contribution in [0.4, 0.5) is 4.79 Å². The van der Waals surface area contributed by atoms with Gasteiger partial charge in [0.15, 0.2) is 0 Å². The highest BCUT2D eigenvalue weighted by molar-refractivity contribution is 5.75. The minimum absolute atomic E-state index is 0.0648. The van der Waals surface area contributed by atoms with Gasteiger partial charge in [0, 0.05) is 25.8 Å². The van der Waals surface area contributed by atoms with Gasteiger partial charge in [-0.3, -0.25) is 4.79 Å². The van der Waals surface area contributed by atoms with Crippen molar-refractivity contribution in [2.75, 3.05) is 19.8 Å². The highest BCUT2D eigenvalue weighted by Gasteiger charge is 2.18. The van der Waals surface area contributed by atoms with Crippen molar-refractivity contribution in [3.63, 3.8) is 0 Å². The monoisotopic (exact) mass is 274 g/mol. The van der Waals surface area contributed by atoms with Crippen LogP contribution in [0.25, 0.3) is 0 Å². The molecule has 0 fully saturated rings. The molecule has 0 aliphatic heterocycles. The maximum Gasteiger partial charge on any atom is 0.315 e. The zero-order valence-electron chi connectivity index (χ0n) is 12.1. The minimum atomic E-state index is -0.910. The van der Waals surface area contributed by atoms with Crippen molar-refractivity contribution < 1.29 is 19.4 Å². The van der Waals surface area contributed by atoms with Crippen LogP contribution < -0.4 is 10.6 Å². The van der Waals surface area contributed by atoms with Crippen molar-refractivity contribution in [1.29, 1.82) is 0 Å². The van der Waals surface area contributed by atoms with Gasteiger partial charge in [0.1, 0.15) is 0 Å². The second-order valence-corrected chi connectivity index (χ2v) is 4.81. The standard InChI is InChI=1S/C13H26N2O4/c1-4-7-19-8-5-6-14-13(18)15-11(10(2)3)9-12(16)17/h10-11H,4-9H2,1-3H3,(H,16,17)(H2,14,15,18). The predicted molar refractivity (Wildman–Crippen MR) is 73.1 cm³/mol. The Morgan fingerprint density at radius 2 is 1.95 bits per heavy atom. The number of carbonyl (C=O) groups excluding carboxylic acids is 1. The molecule has 1 unspecified atom stereocenters. The molecule has 0 rings (SSSR count). The maximum absolute atomic E-state index is 11.6. The van der Waals surface area contributed by atoms with Crippen LogP contribution in [0.3, 0.4) is 0 Å². The first-order chi connectivity index (χ1) is 8.97. The Kier molecular flexibility index (Phi) is 9.88. The zero-order valence-corrected chi connectivity index (χ0v) is 12.1. The van der Waals surface area contributed by atoms with E-state index in [0.717, 1.165) is 19.4 Å². The van der Waals surface area contributed by atoms with Crippen LogP contribution in [-0.4, -0.2) is 42.9 Å². The number of carbonyl (C=O) groups is 2. The van der Waals surface area contributed by atoms with Crippen LogP contribution >= 0.6 is 0 Å². The number of carboxylic acids is 1. The Balaban J connectivity index is 3.78. The lowest BCUT2D eigenvalue weighted by atomic mass is 10.0. The quantitative estimate of drug-likeness (QED) is 0.528. The molecule has 0 aromatic rings. The van der Waals surface area contributed by atoms with Crippen LogP contribution in [0.15, 0.2) is 0 Å². The van der Waals surface area contributed by atoms with Gasteiger partial charge in [-0.1, -0.05) is 20.8 Å². The molecule has 0 aliphatic rings. The summed E-state index contributed by atoms with van der Waals surface area (Å²) in [6.07, 6.45) is 1.67. The molecule has 0 heterocycles. The Labute approximate surface area is 114 Å². The highest BCUT2D eigenvalue weighted by Crippen LogP contribution is 2.05. The van der Waals surface area contributed by atoms with Crippen LogP contribution in [0.1, 0.15) is 40.0 Å². The topological polar surface area (TPSA) is 87.7 Å². The summed E-state index contributed by atoms with van der Waals surface area (Å²) in [5.74, 6) is -0.832. The highest BCUT2D eigenvalue weighted by atomic mass is 16.5. The number of hydrogen-bond donors (Lipinski definition) is 3. The molecule has 6 nitrogen and oxygen atoms in total. The van der Waals surface area contributed by atoms with Crippen molar-refractivity contribution in [2.45, 2.75) is 46.1 Å². The number of rotatable bonds is 10. The third-order valence-electron chi connectivity index (χ3n) is 2.62. The number of nitrogens with one attached hydrogen (secondary N) is 2. The predicted octanol–water partition coefficient (Wildman–Crippen LogP) is 1.60. The lowest BCUT2D eigenvalue weighted by Crippen LogP contribution is -2.45. The summed E-state index contributed by atoms with van der Waals surface area (Å²) >= 11 is 0. The zero-order chi connectivity index (χ0) is 14.7. The summed E-state index contributed by atoms with van der Waals surface area (Å²) in [6, 6.07) is -0.677. The molecule has 0 bridgehead atoms. The number of aliphatic carboxylic acids is 1. The first kappa shape index (κ1) is 17.7. The number of hydrogen-bond acceptors (Lipinski definition) is 3. The molecule has 0 radical (unpaired) electrons. The molecule has 1 atom stereocenters. The van der Waals surface area contributed by atoms with Gasteiger partial charge in [-0.25, -0.2) is 4.79 Å². The van der Waals surface area contributed by atoms with Crippen molar-refractivity contribution in [1.82, 2.24) is 10.6 Å². The molecule has 6 heteroatoms. The van der Waals surface area contributed by atoms with Crippen LogP contribution in [0.2, 0.25) is 0 Å². The van der Waals surface area contributed by atoms with E-state index >= 15 is 0 Å². The van der Waals surface area contributed by atoms with Gasteiger partial charge in [0.2, 0.25) is 0 Å². The Hall–Kier alpha value is -1.30. The summed E-state index contributed by atoms with van der Waals surface area (Å²) in [5, 5.41) is 14.1. The third kappa shape index (κ3) is 10.3. The summed E-state index contributed by atoms with van der Waals surface area (Å²) in [6.45, 7) is 7.68. The van der Waals surface area contributed by atoms with Crippen molar-refractivity contribution in [3.8, 4) is 0 Å². The fraction of sp³-hybridized carbons (Fsp3) is 0.846. The SMILES string of the molecule is CCCOCCCNC(=O)NC(CC(=O)O)C(C)C. The molecule has 0 spiro atoms. The number of ether oxygens (including phenoxy) is 1. The Morgan fingerprint density at radius 3 is 2.47 bits per heavy atom. The lowest BCUT2D eigenvalue weighted by molar-refractivity contribution is -0.137. The second-order valence-electron chi connectivity index (χ2n) is 4.81. The molecule has 0 aromatic carbocycles. The van der Waals surface area contributed by atoms with Crippen molar-refractivity contribution in [3.05, 3.63) is 0 Å². The molecule has 2 amide bonds. The van der Waals surface area contributed by atoms with Gasteiger partial charge in [0.05, 0.1) is 6.42 Å². The molecule has 19 heavy (non-hydrogen) atoms. The van der Waals surface area contributed by atoms with Gasteiger partial charge in [0.25, 0.3) is 0 Å². The Morgan fingerprint density at radius 1 is 1.26 bits per heavy atom. The first-order valence-corrected chi connectivity index (χ1v) is 6.81. The lowest BCUT2D eigenvalue weighted by Gasteiger charge is -2.20. The molecule has 0 saturated heterocycles. The molecule has 3 N–H and O–H groups in total. The van der Waals surface area contributed by atoms with Gasteiger partial charge in [-0.15, -0.1) is 0 Å². The van der Waals surface area contributed by atoms with E-state index in [0.29, 0.717) is 13.2 Å².